The van der Waals surface area contributed by atoms with Gasteiger partial charge in [0, 0.05) is 26.2 Å². The number of benzene rings is 2. The summed E-state index contributed by atoms with van der Waals surface area (Å²) in [5, 5.41) is 0. The van der Waals surface area contributed by atoms with E-state index >= 15 is 0 Å². The molecule has 0 N–H and O–H groups in total. The number of rotatable bonds is 5. The van der Waals surface area contributed by atoms with Gasteiger partial charge in [-0.2, -0.15) is 4.31 Å². The molecular weight excluding hydrogens is 419 g/mol. The third-order valence-electron chi connectivity index (χ3n) is 6.47. The van der Waals surface area contributed by atoms with Crippen LogP contribution in [-0.4, -0.2) is 56.8 Å². The highest BCUT2D eigenvalue weighted by atomic mass is 32.2. The third-order valence-corrected chi connectivity index (χ3v) is 8.38. The first kappa shape index (κ1) is 21.8. The number of ether oxygens (including phenoxy) is 1. The largest absolute Gasteiger partial charge is 0.497 e. The van der Waals surface area contributed by atoms with Gasteiger partial charge in [0.2, 0.25) is 15.9 Å². The summed E-state index contributed by atoms with van der Waals surface area (Å²) < 4.78 is 46.4. The number of halogens is 1. The fourth-order valence-corrected chi connectivity index (χ4v) is 6.14. The van der Waals surface area contributed by atoms with Crippen LogP contribution >= 0.6 is 0 Å². The molecule has 0 spiro atoms. The number of piperazine rings is 1. The standard InChI is InChI=1S/C23H27FN2O4S/c1-30-20-7-9-21(10-8-20)31(28,29)26-15-13-25(14-16-26)22(27)23(11-2-3-12-23)18-5-4-6-19(24)17-18/h4-10,17H,2-3,11-16H2,1H3. The number of amides is 1. The van der Waals surface area contributed by atoms with Gasteiger partial charge >= 0.3 is 0 Å². The molecule has 4 rings (SSSR count). The maximum Gasteiger partial charge on any atom is 0.243 e. The van der Waals surface area contributed by atoms with Crippen LogP contribution in [0.15, 0.2) is 53.4 Å². The highest BCUT2D eigenvalue weighted by Gasteiger charge is 2.46. The Kier molecular flexibility index (Phi) is 6.03. The van der Waals surface area contributed by atoms with Gasteiger partial charge in [0.25, 0.3) is 0 Å². The zero-order valence-electron chi connectivity index (χ0n) is 17.6. The van der Waals surface area contributed by atoms with E-state index in [1.807, 2.05) is 6.07 Å². The molecule has 2 aromatic carbocycles. The second-order valence-corrected chi connectivity index (χ2v) is 10.1. The Bertz CT molecular complexity index is 1040. The fourth-order valence-electron chi connectivity index (χ4n) is 4.72. The molecule has 1 heterocycles. The smallest absolute Gasteiger partial charge is 0.243 e. The molecular formula is C23H27FN2O4S. The topological polar surface area (TPSA) is 66.9 Å². The van der Waals surface area contributed by atoms with Crippen molar-refractivity contribution in [3.8, 4) is 5.75 Å². The molecule has 6 nitrogen and oxygen atoms in total. The van der Waals surface area contributed by atoms with Crippen LogP contribution in [-0.2, 0) is 20.2 Å². The molecule has 1 aliphatic heterocycles. The van der Waals surface area contributed by atoms with Gasteiger partial charge in [-0.1, -0.05) is 25.0 Å². The SMILES string of the molecule is COc1ccc(S(=O)(=O)N2CCN(C(=O)C3(c4cccc(F)c4)CCCC3)CC2)cc1. The third kappa shape index (κ3) is 4.06. The van der Waals surface area contributed by atoms with Gasteiger partial charge in [0.15, 0.2) is 0 Å². The first-order valence-electron chi connectivity index (χ1n) is 10.6. The van der Waals surface area contributed by atoms with Crippen molar-refractivity contribution in [3.05, 3.63) is 59.9 Å². The van der Waals surface area contributed by atoms with Gasteiger partial charge in [-0.25, -0.2) is 12.8 Å². The van der Waals surface area contributed by atoms with Crippen molar-refractivity contribution in [1.82, 2.24) is 9.21 Å². The van der Waals surface area contributed by atoms with Crippen LogP contribution in [0.3, 0.4) is 0 Å². The Morgan fingerprint density at radius 3 is 2.23 bits per heavy atom. The summed E-state index contributed by atoms with van der Waals surface area (Å²) in [7, 11) is -2.11. The number of carbonyl (C=O) groups is 1. The lowest BCUT2D eigenvalue weighted by Gasteiger charge is -2.39. The fraction of sp³-hybridized carbons (Fsp3) is 0.435. The Labute approximate surface area is 182 Å². The van der Waals surface area contributed by atoms with Crippen LogP contribution in [0.4, 0.5) is 4.39 Å². The van der Waals surface area contributed by atoms with Crippen LogP contribution < -0.4 is 4.74 Å². The lowest BCUT2D eigenvalue weighted by molar-refractivity contribution is -0.138. The van der Waals surface area contributed by atoms with Crippen molar-refractivity contribution in [2.45, 2.75) is 36.0 Å². The van der Waals surface area contributed by atoms with Gasteiger partial charge in [-0.3, -0.25) is 4.79 Å². The van der Waals surface area contributed by atoms with Crippen molar-refractivity contribution in [2.75, 3.05) is 33.3 Å². The summed E-state index contributed by atoms with van der Waals surface area (Å²) in [5.41, 5.74) is 0.0161. The summed E-state index contributed by atoms with van der Waals surface area (Å²) in [4.78, 5) is 15.5. The van der Waals surface area contributed by atoms with Crippen molar-refractivity contribution in [2.24, 2.45) is 0 Å². The number of methoxy groups -OCH3 is 1. The number of nitrogens with zero attached hydrogens (tertiary/aromatic N) is 2. The average molecular weight is 447 g/mol. The second-order valence-electron chi connectivity index (χ2n) is 8.17. The van der Waals surface area contributed by atoms with Crippen molar-refractivity contribution in [1.29, 1.82) is 0 Å². The maximum absolute atomic E-state index is 13.9. The zero-order valence-corrected chi connectivity index (χ0v) is 18.4. The first-order valence-corrected chi connectivity index (χ1v) is 12.0. The predicted octanol–water partition coefficient (Wildman–Crippen LogP) is 3.18. The molecule has 0 bridgehead atoms. The molecule has 2 fully saturated rings. The average Bonchev–Trinajstić information content (AvgIpc) is 3.30. The van der Waals surface area contributed by atoms with Gasteiger partial charge in [0.1, 0.15) is 11.6 Å². The molecule has 166 valence electrons. The molecule has 1 amide bonds. The van der Waals surface area contributed by atoms with Crippen LogP contribution in [0.2, 0.25) is 0 Å². The highest BCUT2D eigenvalue weighted by Crippen LogP contribution is 2.43. The van der Waals surface area contributed by atoms with E-state index in [0.717, 1.165) is 18.4 Å². The molecule has 0 atom stereocenters. The molecule has 1 saturated carbocycles. The number of hydrogen-bond donors (Lipinski definition) is 0. The molecule has 8 heteroatoms. The normalized spacial score (nSPS) is 19.4. The van der Waals surface area contributed by atoms with Gasteiger partial charge in [-0.05, 0) is 54.8 Å². The summed E-state index contributed by atoms with van der Waals surface area (Å²) in [5.74, 6) is 0.234. The van der Waals surface area contributed by atoms with Crippen LogP contribution in [0.1, 0.15) is 31.2 Å². The second kappa shape index (κ2) is 8.59. The van der Waals surface area contributed by atoms with Crippen LogP contribution in [0.25, 0.3) is 0 Å². The summed E-state index contributed by atoms with van der Waals surface area (Å²) in [6.45, 7) is 1.12. The van der Waals surface area contributed by atoms with Crippen LogP contribution in [0.5, 0.6) is 5.75 Å². The monoisotopic (exact) mass is 446 g/mol. The molecule has 0 radical (unpaired) electrons. The minimum atomic E-state index is -3.64. The van der Waals surface area contributed by atoms with E-state index in [1.165, 1.54) is 35.7 Å². The number of hydrogen-bond acceptors (Lipinski definition) is 4. The summed E-state index contributed by atoms with van der Waals surface area (Å²) in [6, 6.07) is 12.6. The number of carbonyl (C=O) groups excluding carboxylic acids is 1. The minimum absolute atomic E-state index is 0.0166. The summed E-state index contributed by atoms with van der Waals surface area (Å²) >= 11 is 0. The van der Waals surface area contributed by atoms with Crippen molar-refractivity contribution < 1.29 is 22.3 Å². The molecule has 0 unspecified atom stereocenters. The number of sulfonamides is 1. The van der Waals surface area contributed by atoms with E-state index in [4.69, 9.17) is 4.74 Å². The van der Waals surface area contributed by atoms with E-state index in [-0.39, 0.29) is 29.7 Å². The molecule has 1 saturated heterocycles. The molecule has 31 heavy (non-hydrogen) atoms. The maximum atomic E-state index is 13.9. The van der Waals surface area contributed by atoms with Crippen LogP contribution in [0, 0.1) is 5.82 Å². The summed E-state index contributed by atoms with van der Waals surface area (Å²) in [6.07, 6.45) is 3.24. The van der Waals surface area contributed by atoms with Crippen molar-refractivity contribution >= 4 is 15.9 Å². The lowest BCUT2D eigenvalue weighted by atomic mass is 9.77. The first-order chi connectivity index (χ1) is 14.9. The lowest BCUT2D eigenvalue weighted by Crippen LogP contribution is -2.55. The Morgan fingerprint density at radius 2 is 1.65 bits per heavy atom. The molecule has 2 aliphatic rings. The van der Waals surface area contributed by atoms with E-state index in [0.29, 0.717) is 31.7 Å². The Morgan fingerprint density at radius 1 is 1.00 bits per heavy atom. The quantitative estimate of drug-likeness (QED) is 0.708. The highest BCUT2D eigenvalue weighted by molar-refractivity contribution is 7.89. The molecule has 1 aliphatic carbocycles. The van der Waals surface area contributed by atoms with Gasteiger partial charge < -0.3 is 9.64 Å². The zero-order chi connectivity index (χ0) is 22.1. The minimum Gasteiger partial charge on any atom is -0.497 e. The van der Waals surface area contributed by atoms with E-state index < -0.39 is 15.4 Å². The Balaban J connectivity index is 1.49. The van der Waals surface area contributed by atoms with E-state index in [2.05, 4.69) is 0 Å². The molecule has 2 aromatic rings. The molecule has 0 aromatic heterocycles. The van der Waals surface area contributed by atoms with E-state index in [9.17, 15) is 17.6 Å². The Hall–Kier alpha value is -2.45. The van der Waals surface area contributed by atoms with Crippen molar-refractivity contribution in [3.63, 3.8) is 0 Å². The van der Waals surface area contributed by atoms with Gasteiger partial charge in [0.05, 0.1) is 17.4 Å². The predicted molar refractivity (Wildman–Crippen MR) is 115 cm³/mol. The van der Waals surface area contributed by atoms with Gasteiger partial charge in [-0.15, -0.1) is 0 Å². The van der Waals surface area contributed by atoms with E-state index in [1.54, 1.807) is 23.1 Å².